The molecule has 6 nitrogen and oxygen atoms in total. The van der Waals surface area contributed by atoms with Crippen LogP contribution in [0.1, 0.15) is 25.3 Å². The first-order valence-corrected chi connectivity index (χ1v) is 8.34. The summed E-state index contributed by atoms with van der Waals surface area (Å²) >= 11 is 0. The summed E-state index contributed by atoms with van der Waals surface area (Å²) < 4.78 is 16.7. The maximum Gasteiger partial charge on any atom is 0.454 e. The summed E-state index contributed by atoms with van der Waals surface area (Å²) in [5.41, 5.74) is 1.51. The maximum atomic E-state index is 9.75. The molecule has 7 heteroatoms. The van der Waals surface area contributed by atoms with Crippen LogP contribution in [-0.2, 0) is 9.39 Å². The monoisotopic (exact) mass is 330 g/mol. The second-order valence-electron chi connectivity index (χ2n) is 6.22. The Bertz CT molecular complexity index is 620. The summed E-state index contributed by atoms with van der Waals surface area (Å²) in [7, 11) is 0.879. The van der Waals surface area contributed by atoms with E-state index in [1.54, 1.807) is 13.3 Å². The third kappa shape index (κ3) is 3.53. The first-order chi connectivity index (χ1) is 11.7. The number of methoxy groups -OCH3 is 1. The van der Waals surface area contributed by atoms with Gasteiger partial charge in [0.2, 0.25) is 5.88 Å². The minimum Gasteiger partial charge on any atom is -0.481 e. The van der Waals surface area contributed by atoms with E-state index < -0.39 is 12.7 Å². The van der Waals surface area contributed by atoms with Gasteiger partial charge in [0.15, 0.2) is 0 Å². The molecule has 128 valence electrons. The van der Waals surface area contributed by atoms with E-state index >= 15 is 0 Å². The van der Waals surface area contributed by atoms with E-state index in [0.29, 0.717) is 31.8 Å². The van der Waals surface area contributed by atoms with Crippen LogP contribution in [0.25, 0.3) is 5.57 Å². The van der Waals surface area contributed by atoms with Crippen molar-refractivity contribution < 1.29 is 19.2 Å². The van der Waals surface area contributed by atoms with Crippen molar-refractivity contribution in [3.63, 3.8) is 0 Å². The minimum atomic E-state index is -0.720. The maximum absolute atomic E-state index is 9.75. The second-order valence-corrected chi connectivity index (χ2v) is 6.22. The molecule has 1 fully saturated rings. The first-order valence-electron chi connectivity index (χ1n) is 8.34. The average Bonchev–Trinajstić information content (AvgIpc) is 3.07. The largest absolute Gasteiger partial charge is 0.481 e. The van der Waals surface area contributed by atoms with E-state index in [9.17, 15) is 5.02 Å². The highest BCUT2D eigenvalue weighted by Crippen LogP contribution is 2.39. The molecule has 0 bridgehead atoms. The summed E-state index contributed by atoms with van der Waals surface area (Å²) in [6.07, 6.45) is 7.68. The van der Waals surface area contributed by atoms with Crippen LogP contribution in [-0.4, -0.2) is 49.3 Å². The topological polar surface area (TPSA) is 73.2 Å². The molecule has 1 saturated heterocycles. The Morgan fingerprint density at radius 3 is 2.96 bits per heavy atom. The number of aliphatic imine (C=N–C) groups is 1. The normalized spacial score (nSPS) is 26.5. The number of hydrogen-bond donors (Lipinski definition) is 1. The molecule has 0 amide bonds. The van der Waals surface area contributed by atoms with Crippen molar-refractivity contribution in [2.75, 3.05) is 20.3 Å². The molecule has 0 aliphatic carbocycles. The van der Waals surface area contributed by atoms with Gasteiger partial charge in [0.25, 0.3) is 0 Å². The molecule has 1 aromatic rings. The fraction of sp³-hybridized carbons (Fsp3) is 0.529. The molecule has 1 N–H and O–H groups in total. The van der Waals surface area contributed by atoms with E-state index in [1.807, 2.05) is 24.5 Å². The van der Waals surface area contributed by atoms with Crippen LogP contribution in [0.15, 0.2) is 29.5 Å². The number of pyridine rings is 1. The number of rotatable bonds is 6. The van der Waals surface area contributed by atoms with Crippen LogP contribution in [0.5, 0.6) is 5.88 Å². The highest BCUT2D eigenvalue weighted by Gasteiger charge is 2.46. The molecule has 0 spiro atoms. The zero-order valence-corrected chi connectivity index (χ0v) is 14.1. The second kappa shape index (κ2) is 7.46. The molecule has 0 radical (unpaired) electrons. The molecular weight excluding hydrogens is 307 g/mol. The Labute approximate surface area is 142 Å². The SMILES string of the molecule is CCCOC1(C2COB(O)C2)C=NC=C(c2ccc(OC)nc2)C1. The fourth-order valence-electron chi connectivity index (χ4n) is 3.21. The van der Waals surface area contributed by atoms with Gasteiger partial charge in [0, 0.05) is 50.2 Å². The van der Waals surface area contributed by atoms with E-state index in [2.05, 4.69) is 16.9 Å². The van der Waals surface area contributed by atoms with E-state index in [0.717, 1.165) is 17.6 Å². The lowest BCUT2D eigenvalue weighted by atomic mass is 9.72. The minimum absolute atomic E-state index is 0.0812. The zero-order chi connectivity index (χ0) is 17.0. The van der Waals surface area contributed by atoms with Crippen molar-refractivity contribution in [3.8, 4) is 5.88 Å². The van der Waals surface area contributed by atoms with E-state index in [-0.39, 0.29) is 5.92 Å². The molecule has 3 rings (SSSR count). The van der Waals surface area contributed by atoms with Crippen molar-refractivity contribution >= 4 is 18.9 Å². The van der Waals surface area contributed by atoms with Gasteiger partial charge < -0.3 is 19.2 Å². The average molecular weight is 330 g/mol. The van der Waals surface area contributed by atoms with Gasteiger partial charge in [-0.25, -0.2) is 4.98 Å². The summed E-state index contributed by atoms with van der Waals surface area (Å²) in [6.45, 7) is 3.20. The van der Waals surface area contributed by atoms with Gasteiger partial charge in [-0.05, 0) is 29.9 Å². The van der Waals surface area contributed by atoms with Gasteiger partial charge in [-0.15, -0.1) is 0 Å². The smallest absolute Gasteiger partial charge is 0.454 e. The number of ether oxygens (including phenoxy) is 2. The lowest BCUT2D eigenvalue weighted by Gasteiger charge is -2.37. The molecule has 2 unspecified atom stereocenters. The van der Waals surface area contributed by atoms with Gasteiger partial charge >= 0.3 is 7.12 Å². The number of aromatic nitrogens is 1. The summed E-state index contributed by atoms with van der Waals surface area (Å²) in [4.78, 5) is 8.72. The van der Waals surface area contributed by atoms with Crippen molar-refractivity contribution in [1.29, 1.82) is 0 Å². The standard InChI is InChI=1S/C17H23BN2O4/c1-3-6-23-17(15-8-18(21)24-11-15)7-14(9-19-12-17)13-4-5-16(22-2)20-10-13/h4-5,9-10,12,15,21H,3,6-8,11H2,1-2H3. The molecule has 2 aliphatic heterocycles. The van der Waals surface area contributed by atoms with Crippen molar-refractivity contribution in [2.24, 2.45) is 10.9 Å². The molecule has 1 aromatic heterocycles. The molecule has 0 saturated carbocycles. The van der Waals surface area contributed by atoms with Crippen LogP contribution >= 0.6 is 0 Å². The molecule has 3 heterocycles. The van der Waals surface area contributed by atoms with Crippen LogP contribution in [0.3, 0.4) is 0 Å². The van der Waals surface area contributed by atoms with Crippen LogP contribution in [0, 0.1) is 5.92 Å². The van der Waals surface area contributed by atoms with Crippen LogP contribution in [0.2, 0.25) is 6.32 Å². The Kier molecular flexibility index (Phi) is 5.33. The van der Waals surface area contributed by atoms with Crippen molar-refractivity contribution in [1.82, 2.24) is 4.98 Å². The van der Waals surface area contributed by atoms with Crippen LogP contribution < -0.4 is 4.74 Å². The van der Waals surface area contributed by atoms with Crippen molar-refractivity contribution in [2.45, 2.75) is 31.7 Å². The Hall–Kier alpha value is -1.70. The Balaban J connectivity index is 1.83. The highest BCUT2D eigenvalue weighted by atomic mass is 16.5. The molecular formula is C17H23BN2O4. The van der Waals surface area contributed by atoms with Gasteiger partial charge in [-0.3, -0.25) is 4.99 Å². The van der Waals surface area contributed by atoms with E-state index in [1.165, 1.54) is 0 Å². The Morgan fingerprint density at radius 2 is 2.33 bits per heavy atom. The van der Waals surface area contributed by atoms with Crippen molar-refractivity contribution in [3.05, 3.63) is 30.1 Å². The predicted octanol–water partition coefficient (Wildman–Crippen LogP) is 2.20. The predicted molar refractivity (Wildman–Crippen MR) is 93.1 cm³/mol. The molecule has 0 aromatic carbocycles. The number of hydrogen-bond acceptors (Lipinski definition) is 6. The summed E-state index contributed by atoms with van der Waals surface area (Å²) in [6, 6.07) is 3.81. The van der Waals surface area contributed by atoms with Gasteiger partial charge in [0.1, 0.15) is 5.60 Å². The van der Waals surface area contributed by atoms with Gasteiger partial charge in [0.05, 0.1) is 7.11 Å². The third-order valence-electron chi connectivity index (χ3n) is 4.55. The quantitative estimate of drug-likeness (QED) is 0.810. The number of nitrogens with zero attached hydrogens (tertiary/aromatic N) is 2. The lowest BCUT2D eigenvalue weighted by Crippen LogP contribution is -2.44. The first kappa shape index (κ1) is 17.1. The lowest BCUT2D eigenvalue weighted by molar-refractivity contribution is -0.0276. The third-order valence-corrected chi connectivity index (χ3v) is 4.55. The molecule has 2 atom stereocenters. The van der Waals surface area contributed by atoms with Crippen LogP contribution in [0.4, 0.5) is 0 Å². The molecule has 24 heavy (non-hydrogen) atoms. The highest BCUT2D eigenvalue weighted by molar-refractivity contribution is 6.43. The van der Waals surface area contributed by atoms with Gasteiger partial charge in [-0.1, -0.05) is 6.92 Å². The Morgan fingerprint density at radius 1 is 1.46 bits per heavy atom. The summed E-state index contributed by atoms with van der Waals surface area (Å²) in [5.74, 6) is 0.664. The molecule has 2 aliphatic rings. The zero-order valence-electron chi connectivity index (χ0n) is 14.1. The fourth-order valence-corrected chi connectivity index (χ4v) is 3.21. The van der Waals surface area contributed by atoms with E-state index in [4.69, 9.17) is 14.1 Å². The summed E-state index contributed by atoms with van der Waals surface area (Å²) in [5, 5.41) is 9.75. The van der Waals surface area contributed by atoms with Gasteiger partial charge in [-0.2, -0.15) is 0 Å².